The Hall–Kier alpha value is -3.77. The second kappa shape index (κ2) is 8.88. The number of ketones is 1. The molecule has 0 aliphatic carbocycles. The second-order valence-electron chi connectivity index (χ2n) is 8.90. The Morgan fingerprint density at radius 1 is 1.06 bits per heavy atom. The standard InChI is InChI=1S/C28H28N2O4/c1-18-27-21(16-30(17-33-27)15-20-7-11-23(32-4)12-8-20)14-24-26(31)25(34-28(18)24)13-19-5-9-22(10-6-19)29(2)3/h5-14H,15-17H2,1-4H3/b25-13-. The van der Waals surface area contributed by atoms with Crippen LogP contribution in [-0.2, 0) is 13.1 Å². The van der Waals surface area contributed by atoms with E-state index in [1.165, 1.54) is 5.56 Å². The number of allylic oxidation sites excluding steroid dienone is 1. The Bertz CT molecular complexity index is 1260. The molecule has 6 heteroatoms. The third-order valence-electron chi connectivity index (χ3n) is 6.27. The first kappa shape index (κ1) is 22.0. The third-order valence-corrected chi connectivity index (χ3v) is 6.27. The number of methoxy groups -OCH3 is 1. The molecule has 0 bridgehead atoms. The molecule has 3 aromatic rings. The lowest BCUT2D eigenvalue weighted by Gasteiger charge is -2.30. The van der Waals surface area contributed by atoms with Crippen molar-refractivity contribution in [3.63, 3.8) is 0 Å². The monoisotopic (exact) mass is 456 g/mol. The van der Waals surface area contributed by atoms with Crippen LogP contribution in [-0.4, -0.2) is 38.6 Å². The highest BCUT2D eigenvalue weighted by Crippen LogP contribution is 2.43. The highest BCUT2D eigenvalue weighted by molar-refractivity contribution is 6.15. The van der Waals surface area contributed by atoms with Gasteiger partial charge in [0.1, 0.15) is 24.0 Å². The molecule has 174 valence electrons. The van der Waals surface area contributed by atoms with Gasteiger partial charge in [0.2, 0.25) is 5.78 Å². The van der Waals surface area contributed by atoms with Crippen molar-refractivity contribution in [1.29, 1.82) is 0 Å². The van der Waals surface area contributed by atoms with E-state index in [2.05, 4.69) is 17.0 Å². The van der Waals surface area contributed by atoms with Crippen LogP contribution >= 0.6 is 0 Å². The predicted molar refractivity (Wildman–Crippen MR) is 133 cm³/mol. The number of carbonyl (C=O) groups is 1. The Morgan fingerprint density at radius 3 is 2.47 bits per heavy atom. The Labute approximate surface area is 200 Å². The molecule has 0 spiro atoms. The van der Waals surface area contributed by atoms with Gasteiger partial charge in [-0.25, -0.2) is 0 Å². The van der Waals surface area contributed by atoms with Crippen LogP contribution in [0.1, 0.15) is 32.6 Å². The van der Waals surface area contributed by atoms with Crippen LogP contribution in [0.25, 0.3) is 6.08 Å². The molecule has 0 amide bonds. The lowest BCUT2D eigenvalue weighted by atomic mass is 10.00. The highest BCUT2D eigenvalue weighted by atomic mass is 16.5. The lowest BCUT2D eigenvalue weighted by molar-refractivity contribution is 0.0876. The maximum absolute atomic E-state index is 13.2. The van der Waals surface area contributed by atoms with Gasteiger partial charge in [-0.2, -0.15) is 0 Å². The van der Waals surface area contributed by atoms with Crippen molar-refractivity contribution in [2.45, 2.75) is 20.0 Å². The first-order valence-corrected chi connectivity index (χ1v) is 11.3. The molecule has 34 heavy (non-hydrogen) atoms. The fraction of sp³-hybridized carbons (Fsp3) is 0.250. The fourth-order valence-electron chi connectivity index (χ4n) is 4.41. The minimum atomic E-state index is -0.0927. The maximum Gasteiger partial charge on any atom is 0.231 e. The van der Waals surface area contributed by atoms with E-state index in [0.29, 0.717) is 30.3 Å². The maximum atomic E-state index is 13.2. The fourth-order valence-corrected chi connectivity index (χ4v) is 4.41. The minimum Gasteiger partial charge on any atom is -0.497 e. The van der Waals surface area contributed by atoms with Crippen molar-refractivity contribution in [2.24, 2.45) is 0 Å². The predicted octanol–water partition coefficient (Wildman–Crippen LogP) is 5.04. The van der Waals surface area contributed by atoms with Gasteiger partial charge >= 0.3 is 0 Å². The molecular formula is C28H28N2O4. The SMILES string of the molecule is COc1ccc(CN2COc3c(cc4c(c3C)O/C(=C\c3ccc(N(C)C)cc3)C4=O)C2)cc1. The zero-order valence-electron chi connectivity index (χ0n) is 19.9. The van der Waals surface area contributed by atoms with Crippen LogP contribution in [0.5, 0.6) is 17.2 Å². The molecule has 0 unspecified atom stereocenters. The Morgan fingerprint density at radius 2 is 1.79 bits per heavy atom. The molecule has 5 rings (SSSR count). The largest absolute Gasteiger partial charge is 0.497 e. The number of fused-ring (bicyclic) bond motifs is 2. The molecule has 2 aliphatic heterocycles. The summed E-state index contributed by atoms with van der Waals surface area (Å²) >= 11 is 0. The number of ether oxygens (including phenoxy) is 3. The average molecular weight is 457 g/mol. The summed E-state index contributed by atoms with van der Waals surface area (Å²) in [4.78, 5) is 17.4. The number of benzene rings is 3. The molecule has 2 aliphatic rings. The van der Waals surface area contributed by atoms with E-state index in [1.807, 2.05) is 68.4 Å². The van der Waals surface area contributed by atoms with Gasteiger partial charge in [-0.1, -0.05) is 24.3 Å². The molecule has 3 aromatic carbocycles. The molecule has 0 fully saturated rings. The van der Waals surface area contributed by atoms with Crippen molar-refractivity contribution >= 4 is 17.5 Å². The van der Waals surface area contributed by atoms with Crippen molar-refractivity contribution in [2.75, 3.05) is 32.8 Å². The van der Waals surface area contributed by atoms with E-state index in [4.69, 9.17) is 14.2 Å². The first-order chi connectivity index (χ1) is 16.4. The van der Waals surface area contributed by atoms with E-state index in [0.717, 1.165) is 40.4 Å². The van der Waals surface area contributed by atoms with Crippen LogP contribution in [0.15, 0.2) is 60.4 Å². The molecule has 0 radical (unpaired) electrons. The number of nitrogens with zero attached hydrogens (tertiary/aromatic N) is 2. The molecule has 0 saturated heterocycles. The topological polar surface area (TPSA) is 51.2 Å². The molecule has 0 atom stereocenters. The summed E-state index contributed by atoms with van der Waals surface area (Å²) in [6.45, 7) is 3.89. The molecule has 2 heterocycles. The number of rotatable bonds is 5. The number of hydrogen-bond donors (Lipinski definition) is 0. The molecule has 0 N–H and O–H groups in total. The molecule has 0 aromatic heterocycles. The summed E-state index contributed by atoms with van der Waals surface area (Å²) in [5.74, 6) is 2.50. The summed E-state index contributed by atoms with van der Waals surface area (Å²) in [7, 11) is 5.66. The summed E-state index contributed by atoms with van der Waals surface area (Å²) in [5.41, 5.74) is 5.67. The Kier molecular flexibility index (Phi) is 5.75. The number of hydrogen-bond acceptors (Lipinski definition) is 6. The number of Topliss-reactive ketones (excluding diaryl/α,β-unsaturated/α-hetero) is 1. The van der Waals surface area contributed by atoms with Crippen molar-refractivity contribution in [3.05, 3.63) is 88.2 Å². The molecular weight excluding hydrogens is 428 g/mol. The molecule has 6 nitrogen and oxygen atoms in total. The van der Waals surface area contributed by atoms with Gasteiger partial charge in [0.15, 0.2) is 5.76 Å². The van der Waals surface area contributed by atoms with Crippen molar-refractivity contribution in [3.8, 4) is 17.2 Å². The van der Waals surface area contributed by atoms with Gasteiger partial charge < -0.3 is 19.1 Å². The third kappa shape index (κ3) is 4.13. The highest BCUT2D eigenvalue weighted by Gasteiger charge is 2.33. The zero-order chi connectivity index (χ0) is 23.8. The zero-order valence-corrected chi connectivity index (χ0v) is 19.9. The number of carbonyl (C=O) groups excluding carboxylic acids is 1. The van der Waals surface area contributed by atoms with Gasteiger partial charge in [-0.05, 0) is 54.5 Å². The van der Waals surface area contributed by atoms with Gasteiger partial charge in [0.05, 0.1) is 12.7 Å². The van der Waals surface area contributed by atoms with E-state index >= 15 is 0 Å². The lowest BCUT2D eigenvalue weighted by Crippen LogP contribution is -2.32. The van der Waals surface area contributed by atoms with Crippen molar-refractivity contribution < 1.29 is 19.0 Å². The minimum absolute atomic E-state index is 0.0927. The van der Waals surface area contributed by atoms with Crippen LogP contribution in [0.3, 0.4) is 0 Å². The van der Waals surface area contributed by atoms with E-state index in [1.54, 1.807) is 13.2 Å². The summed E-state index contributed by atoms with van der Waals surface area (Å²) in [5, 5.41) is 0. The normalized spacial score (nSPS) is 16.0. The second-order valence-corrected chi connectivity index (χ2v) is 8.90. The van der Waals surface area contributed by atoms with Crippen molar-refractivity contribution in [1.82, 2.24) is 4.90 Å². The quantitative estimate of drug-likeness (QED) is 0.502. The Balaban J connectivity index is 1.37. The van der Waals surface area contributed by atoms with Crippen LogP contribution in [0.4, 0.5) is 5.69 Å². The summed E-state index contributed by atoms with van der Waals surface area (Å²) in [6, 6.07) is 18.0. The van der Waals surface area contributed by atoms with Crippen LogP contribution in [0.2, 0.25) is 0 Å². The van der Waals surface area contributed by atoms with Gasteiger partial charge in [-0.3, -0.25) is 9.69 Å². The number of anilines is 1. The summed E-state index contributed by atoms with van der Waals surface area (Å²) < 4.78 is 17.4. The van der Waals surface area contributed by atoms with Crippen LogP contribution < -0.4 is 19.1 Å². The van der Waals surface area contributed by atoms with E-state index < -0.39 is 0 Å². The van der Waals surface area contributed by atoms with Gasteiger partial charge in [-0.15, -0.1) is 0 Å². The molecule has 0 saturated carbocycles. The van der Waals surface area contributed by atoms with Gasteiger partial charge in [0, 0.05) is 44.0 Å². The summed E-state index contributed by atoms with van der Waals surface area (Å²) in [6.07, 6.45) is 1.80. The first-order valence-electron chi connectivity index (χ1n) is 11.3. The van der Waals surface area contributed by atoms with E-state index in [9.17, 15) is 4.79 Å². The average Bonchev–Trinajstić information content (AvgIpc) is 3.15. The smallest absolute Gasteiger partial charge is 0.231 e. The van der Waals surface area contributed by atoms with E-state index in [-0.39, 0.29) is 5.78 Å². The van der Waals surface area contributed by atoms with Gasteiger partial charge in [0.25, 0.3) is 0 Å². The van der Waals surface area contributed by atoms with Crippen LogP contribution in [0, 0.1) is 6.92 Å².